The van der Waals surface area contributed by atoms with E-state index in [1.165, 1.54) is 31.2 Å². The number of hydrogen-bond donors (Lipinski definition) is 0. The minimum absolute atomic E-state index is 0.0201. The Bertz CT molecular complexity index is 799. The van der Waals surface area contributed by atoms with Crippen LogP contribution in [0.5, 0.6) is 0 Å². The lowest BCUT2D eigenvalue weighted by molar-refractivity contribution is -0.143. The van der Waals surface area contributed by atoms with E-state index in [0.717, 1.165) is 0 Å². The van der Waals surface area contributed by atoms with E-state index in [4.69, 9.17) is 10.00 Å². The summed E-state index contributed by atoms with van der Waals surface area (Å²) in [5.41, 5.74) is 0.688. The van der Waals surface area contributed by atoms with Crippen LogP contribution in [-0.2, 0) is 25.1 Å². The van der Waals surface area contributed by atoms with E-state index in [1.54, 1.807) is 11.0 Å². The van der Waals surface area contributed by atoms with Gasteiger partial charge in [0, 0.05) is 12.1 Å². The van der Waals surface area contributed by atoms with Gasteiger partial charge in [0.1, 0.15) is 5.75 Å². The van der Waals surface area contributed by atoms with Crippen molar-refractivity contribution in [1.29, 1.82) is 5.26 Å². The van der Waals surface area contributed by atoms with Crippen LogP contribution in [0, 0.1) is 11.3 Å². The van der Waals surface area contributed by atoms with Crippen LogP contribution < -0.4 is 0 Å². The molecule has 8 heteroatoms. The fourth-order valence-electron chi connectivity index (χ4n) is 2.73. The van der Waals surface area contributed by atoms with E-state index in [2.05, 4.69) is 0 Å². The van der Waals surface area contributed by atoms with Gasteiger partial charge >= 0.3 is 5.97 Å². The summed E-state index contributed by atoms with van der Waals surface area (Å²) in [6.45, 7) is 9.11. The lowest BCUT2D eigenvalue weighted by Gasteiger charge is -2.32. The molecule has 0 fully saturated rings. The summed E-state index contributed by atoms with van der Waals surface area (Å²) in [5.74, 6) is -1.76. The van der Waals surface area contributed by atoms with Crippen molar-refractivity contribution >= 4 is 21.7 Å². The van der Waals surface area contributed by atoms with Gasteiger partial charge < -0.3 is 9.64 Å². The first-order chi connectivity index (χ1) is 12.5. The van der Waals surface area contributed by atoms with Gasteiger partial charge in [-0.25, -0.2) is 13.2 Å². The number of hydrogen-bond acceptors (Lipinski definition) is 6. The van der Waals surface area contributed by atoms with Crippen LogP contribution in [-0.4, -0.2) is 49.1 Å². The monoisotopic (exact) mass is 394 g/mol. The number of benzene rings is 1. The zero-order valence-electron chi connectivity index (χ0n) is 16.3. The van der Waals surface area contributed by atoms with Gasteiger partial charge in [-0.15, -0.1) is 0 Å². The predicted molar refractivity (Wildman–Crippen MR) is 102 cm³/mol. The molecule has 0 aliphatic rings. The van der Waals surface area contributed by atoms with Gasteiger partial charge in [0.25, 0.3) is 5.91 Å². The Labute approximate surface area is 160 Å². The number of nitrogens with zero attached hydrogens (tertiary/aromatic N) is 2. The summed E-state index contributed by atoms with van der Waals surface area (Å²) < 4.78 is 28.6. The minimum Gasteiger partial charge on any atom is -0.449 e. The lowest BCUT2D eigenvalue weighted by atomic mass is 10.1. The normalized spacial score (nSPS) is 12.5. The molecular formula is C19H26N2O5S. The summed E-state index contributed by atoms with van der Waals surface area (Å²) in [4.78, 5) is 26.4. The molecule has 0 bridgehead atoms. The number of esters is 1. The van der Waals surface area contributed by atoms with Crippen molar-refractivity contribution in [2.24, 2.45) is 0 Å². The predicted octanol–water partition coefficient (Wildman–Crippen LogP) is 2.32. The van der Waals surface area contributed by atoms with Crippen molar-refractivity contribution in [2.45, 2.75) is 58.6 Å². The molecule has 1 aromatic carbocycles. The highest BCUT2D eigenvalue weighted by molar-refractivity contribution is 7.90. The van der Waals surface area contributed by atoms with E-state index in [1.807, 2.05) is 27.7 Å². The molecule has 0 heterocycles. The SMILES string of the molecule is CC(C)N(C(=O)[C@@H](C)OC(=O)c1ccc(CS(=O)(=O)CC#N)cc1)C(C)C. The largest absolute Gasteiger partial charge is 0.449 e. The smallest absolute Gasteiger partial charge is 0.338 e. The number of rotatable bonds is 8. The molecule has 0 saturated heterocycles. The number of sulfone groups is 1. The Morgan fingerprint density at radius 1 is 1.07 bits per heavy atom. The van der Waals surface area contributed by atoms with Gasteiger partial charge in [-0.05, 0) is 52.3 Å². The van der Waals surface area contributed by atoms with Crippen molar-refractivity contribution in [3.63, 3.8) is 0 Å². The van der Waals surface area contributed by atoms with Crippen LogP contribution in [0.15, 0.2) is 24.3 Å². The highest BCUT2D eigenvalue weighted by Gasteiger charge is 2.28. The quantitative estimate of drug-likeness (QED) is 0.627. The molecular weight excluding hydrogens is 368 g/mol. The number of carbonyl (C=O) groups excluding carboxylic acids is 2. The molecule has 0 spiro atoms. The number of amides is 1. The zero-order valence-corrected chi connectivity index (χ0v) is 17.1. The van der Waals surface area contributed by atoms with Gasteiger partial charge in [-0.2, -0.15) is 5.26 Å². The van der Waals surface area contributed by atoms with Crippen molar-refractivity contribution in [3.05, 3.63) is 35.4 Å². The topological polar surface area (TPSA) is 105 Å². The standard InChI is InChI=1S/C19H26N2O5S/c1-13(2)21(14(3)4)18(22)15(5)26-19(23)17-8-6-16(7-9-17)12-27(24,25)11-10-20/h6-9,13-15H,11-12H2,1-5H3/t15-/m1/s1. The second kappa shape index (κ2) is 9.51. The highest BCUT2D eigenvalue weighted by Crippen LogP contribution is 2.13. The molecule has 27 heavy (non-hydrogen) atoms. The van der Waals surface area contributed by atoms with Crippen molar-refractivity contribution in [2.75, 3.05) is 5.75 Å². The van der Waals surface area contributed by atoms with Crippen LogP contribution in [0.3, 0.4) is 0 Å². The average molecular weight is 394 g/mol. The van der Waals surface area contributed by atoms with Crippen molar-refractivity contribution in [3.8, 4) is 6.07 Å². The van der Waals surface area contributed by atoms with Gasteiger partial charge in [-0.3, -0.25) is 4.79 Å². The van der Waals surface area contributed by atoms with Crippen LogP contribution in [0.2, 0.25) is 0 Å². The molecule has 0 radical (unpaired) electrons. The van der Waals surface area contributed by atoms with E-state index < -0.39 is 27.7 Å². The van der Waals surface area contributed by atoms with Crippen molar-refractivity contribution < 1.29 is 22.7 Å². The van der Waals surface area contributed by atoms with Crippen LogP contribution in [0.1, 0.15) is 50.5 Å². The Hall–Kier alpha value is -2.40. The fourth-order valence-corrected chi connectivity index (χ4v) is 3.73. The summed E-state index contributed by atoms with van der Waals surface area (Å²) in [5, 5.41) is 8.51. The fraction of sp³-hybridized carbons (Fsp3) is 0.526. The molecule has 1 rings (SSSR count). The maximum atomic E-state index is 12.5. The molecule has 0 aliphatic heterocycles. The van der Waals surface area contributed by atoms with Crippen LogP contribution >= 0.6 is 0 Å². The van der Waals surface area contributed by atoms with Gasteiger partial charge in [0.05, 0.1) is 17.4 Å². The third-order valence-electron chi connectivity index (χ3n) is 3.86. The Morgan fingerprint density at radius 2 is 1.59 bits per heavy atom. The highest BCUT2D eigenvalue weighted by atomic mass is 32.2. The average Bonchev–Trinajstić information content (AvgIpc) is 2.54. The minimum atomic E-state index is -3.50. The van der Waals surface area contributed by atoms with Crippen LogP contribution in [0.4, 0.5) is 0 Å². The summed E-state index contributed by atoms with van der Waals surface area (Å²) in [6.07, 6.45) is -0.932. The first-order valence-corrected chi connectivity index (χ1v) is 10.5. The molecule has 7 nitrogen and oxygen atoms in total. The molecule has 1 atom stereocenters. The second-order valence-corrected chi connectivity index (χ2v) is 8.93. The third kappa shape index (κ3) is 6.68. The Morgan fingerprint density at radius 3 is 2.04 bits per heavy atom. The summed E-state index contributed by atoms with van der Waals surface area (Å²) in [7, 11) is -3.50. The van der Waals surface area contributed by atoms with E-state index >= 15 is 0 Å². The first-order valence-electron chi connectivity index (χ1n) is 8.68. The molecule has 148 valence electrons. The molecule has 0 N–H and O–H groups in total. The Balaban J connectivity index is 2.80. The van der Waals surface area contributed by atoms with E-state index in [-0.39, 0.29) is 29.3 Å². The van der Waals surface area contributed by atoms with Gasteiger partial charge in [0.15, 0.2) is 15.9 Å². The maximum Gasteiger partial charge on any atom is 0.338 e. The first kappa shape index (κ1) is 22.6. The molecule has 0 unspecified atom stereocenters. The summed E-state index contributed by atoms with van der Waals surface area (Å²) >= 11 is 0. The van der Waals surface area contributed by atoms with Crippen LogP contribution in [0.25, 0.3) is 0 Å². The van der Waals surface area contributed by atoms with E-state index in [9.17, 15) is 18.0 Å². The maximum absolute atomic E-state index is 12.5. The van der Waals surface area contributed by atoms with Crippen molar-refractivity contribution in [1.82, 2.24) is 4.90 Å². The summed E-state index contributed by atoms with van der Waals surface area (Å²) in [6, 6.07) is 7.45. The molecule has 0 aliphatic carbocycles. The molecule has 1 aromatic rings. The second-order valence-electron chi connectivity index (χ2n) is 6.87. The zero-order chi connectivity index (χ0) is 20.8. The number of ether oxygens (including phenoxy) is 1. The Kier molecular flexibility index (Phi) is 7.98. The number of nitriles is 1. The van der Waals surface area contributed by atoms with Gasteiger partial charge in [0.2, 0.25) is 0 Å². The number of carbonyl (C=O) groups is 2. The van der Waals surface area contributed by atoms with E-state index in [0.29, 0.717) is 5.56 Å². The third-order valence-corrected chi connectivity index (χ3v) is 5.20. The molecule has 0 aromatic heterocycles. The molecule has 1 amide bonds. The molecule has 0 saturated carbocycles. The lowest BCUT2D eigenvalue weighted by Crippen LogP contribution is -2.47. The van der Waals surface area contributed by atoms with Gasteiger partial charge in [-0.1, -0.05) is 12.1 Å².